The normalized spacial score (nSPS) is 10.8. The molecule has 26 heavy (non-hydrogen) atoms. The van der Waals surface area contributed by atoms with E-state index in [1.54, 1.807) is 19.6 Å². The lowest BCUT2D eigenvalue weighted by molar-refractivity contribution is 0.0946. The van der Waals surface area contributed by atoms with E-state index in [1.165, 1.54) is 0 Å². The van der Waals surface area contributed by atoms with Crippen molar-refractivity contribution < 1.29 is 13.9 Å². The molecule has 0 unspecified atom stereocenters. The first-order valence-electron chi connectivity index (χ1n) is 8.17. The zero-order valence-electron chi connectivity index (χ0n) is 14.2. The van der Waals surface area contributed by atoms with Crippen LogP contribution in [-0.4, -0.2) is 23.0 Å². The molecule has 0 bridgehead atoms. The highest BCUT2D eigenvalue weighted by Crippen LogP contribution is 2.21. The molecule has 0 fully saturated rings. The summed E-state index contributed by atoms with van der Waals surface area (Å²) in [6.07, 6.45) is 3.31. The zero-order valence-corrected chi connectivity index (χ0v) is 14.2. The molecule has 0 aliphatic heterocycles. The van der Waals surface area contributed by atoms with E-state index >= 15 is 0 Å². The molecule has 1 amide bonds. The van der Waals surface area contributed by atoms with Gasteiger partial charge in [-0.3, -0.25) is 9.78 Å². The van der Waals surface area contributed by atoms with Gasteiger partial charge in [0.2, 0.25) is 0 Å². The number of hydrogen-bond donors (Lipinski definition) is 2. The molecular weight excluding hydrogens is 330 g/mol. The quantitative estimate of drug-likeness (QED) is 0.576. The Bertz CT molecular complexity index is 1050. The second-order valence-corrected chi connectivity index (χ2v) is 5.85. The minimum Gasteiger partial charge on any atom is -0.497 e. The predicted octanol–water partition coefficient (Wildman–Crippen LogP) is 3.76. The highest BCUT2D eigenvalue weighted by atomic mass is 16.5. The Hall–Kier alpha value is -3.54. The molecule has 0 aliphatic rings. The Morgan fingerprint density at radius 1 is 1.23 bits per heavy atom. The molecule has 3 heterocycles. The summed E-state index contributed by atoms with van der Waals surface area (Å²) in [4.78, 5) is 19.9. The molecule has 6 heteroatoms. The zero-order chi connectivity index (χ0) is 17.9. The van der Waals surface area contributed by atoms with Crippen molar-refractivity contribution in [3.05, 3.63) is 72.2 Å². The fraction of sp³-hybridized carbons (Fsp3) is 0.100. The van der Waals surface area contributed by atoms with Crippen molar-refractivity contribution in [1.82, 2.24) is 15.3 Å². The Morgan fingerprint density at radius 2 is 2.15 bits per heavy atom. The Balaban J connectivity index is 1.48. The van der Waals surface area contributed by atoms with Crippen LogP contribution < -0.4 is 10.1 Å². The van der Waals surface area contributed by atoms with E-state index in [2.05, 4.69) is 15.3 Å². The van der Waals surface area contributed by atoms with Crippen LogP contribution in [0.4, 0.5) is 0 Å². The summed E-state index contributed by atoms with van der Waals surface area (Å²) < 4.78 is 10.6. The van der Waals surface area contributed by atoms with Crippen LogP contribution >= 0.6 is 0 Å². The third-order valence-electron chi connectivity index (χ3n) is 4.13. The van der Waals surface area contributed by atoms with Crippen LogP contribution in [0.3, 0.4) is 0 Å². The van der Waals surface area contributed by atoms with Crippen LogP contribution in [0.2, 0.25) is 0 Å². The minimum absolute atomic E-state index is 0.170. The van der Waals surface area contributed by atoms with Crippen LogP contribution in [0.25, 0.3) is 22.4 Å². The average molecular weight is 347 g/mol. The van der Waals surface area contributed by atoms with Crippen molar-refractivity contribution >= 4 is 16.8 Å². The van der Waals surface area contributed by atoms with Gasteiger partial charge in [0, 0.05) is 29.7 Å². The first-order valence-corrected chi connectivity index (χ1v) is 8.17. The molecule has 0 aliphatic carbocycles. The van der Waals surface area contributed by atoms with Gasteiger partial charge < -0.3 is 19.5 Å². The summed E-state index contributed by atoms with van der Waals surface area (Å²) in [7, 11) is 1.61. The number of amides is 1. The lowest BCUT2D eigenvalue weighted by Gasteiger charge is -2.05. The van der Waals surface area contributed by atoms with E-state index in [1.807, 2.05) is 48.5 Å². The van der Waals surface area contributed by atoms with Gasteiger partial charge in [0.15, 0.2) is 5.76 Å². The maximum absolute atomic E-state index is 12.4. The lowest BCUT2D eigenvalue weighted by Crippen LogP contribution is -2.23. The van der Waals surface area contributed by atoms with E-state index < -0.39 is 0 Å². The first-order chi connectivity index (χ1) is 12.7. The second kappa shape index (κ2) is 6.76. The van der Waals surface area contributed by atoms with Crippen molar-refractivity contribution in [1.29, 1.82) is 0 Å². The molecule has 0 spiro atoms. The van der Waals surface area contributed by atoms with Gasteiger partial charge >= 0.3 is 0 Å². The molecule has 1 aromatic carbocycles. The molecule has 3 aromatic heterocycles. The van der Waals surface area contributed by atoms with Crippen molar-refractivity contribution in [2.75, 3.05) is 7.11 Å². The molecule has 2 N–H and O–H groups in total. The second-order valence-electron chi connectivity index (χ2n) is 5.85. The summed E-state index contributed by atoms with van der Waals surface area (Å²) in [6, 6.07) is 14.9. The molecule has 0 saturated carbocycles. The van der Waals surface area contributed by atoms with Gasteiger partial charge in [0.05, 0.1) is 13.4 Å². The van der Waals surface area contributed by atoms with Crippen LogP contribution in [0.15, 0.2) is 65.4 Å². The minimum atomic E-state index is -0.170. The van der Waals surface area contributed by atoms with Gasteiger partial charge in [0.1, 0.15) is 17.1 Å². The molecule has 4 rings (SSSR count). The number of aromatic amines is 1. The van der Waals surface area contributed by atoms with Crippen molar-refractivity contribution in [2.24, 2.45) is 0 Å². The summed E-state index contributed by atoms with van der Waals surface area (Å²) >= 11 is 0. The SMILES string of the molecule is COc1ccc2cc(C(=O)NCc3ccnc(-c4ccco4)c3)[nH]c2c1. The number of fused-ring (bicyclic) bond motifs is 1. The van der Waals surface area contributed by atoms with E-state index in [0.717, 1.165) is 27.9 Å². The van der Waals surface area contributed by atoms with E-state index in [-0.39, 0.29) is 5.91 Å². The van der Waals surface area contributed by atoms with Crippen LogP contribution in [0, 0.1) is 0 Å². The number of hydrogen-bond acceptors (Lipinski definition) is 4. The van der Waals surface area contributed by atoms with Crippen LogP contribution in [-0.2, 0) is 6.54 Å². The fourth-order valence-corrected chi connectivity index (χ4v) is 2.78. The monoisotopic (exact) mass is 347 g/mol. The van der Waals surface area contributed by atoms with Gasteiger partial charge in [-0.15, -0.1) is 0 Å². The molecule has 0 saturated heterocycles. The van der Waals surface area contributed by atoms with Crippen molar-refractivity contribution in [2.45, 2.75) is 6.54 Å². The lowest BCUT2D eigenvalue weighted by atomic mass is 10.2. The highest BCUT2D eigenvalue weighted by Gasteiger charge is 2.10. The van der Waals surface area contributed by atoms with Crippen LogP contribution in [0.1, 0.15) is 16.1 Å². The van der Waals surface area contributed by atoms with Gasteiger partial charge in [-0.25, -0.2) is 0 Å². The maximum Gasteiger partial charge on any atom is 0.267 e. The molecule has 0 radical (unpaired) electrons. The van der Waals surface area contributed by atoms with Crippen molar-refractivity contribution in [3.8, 4) is 17.2 Å². The maximum atomic E-state index is 12.4. The smallest absolute Gasteiger partial charge is 0.267 e. The number of carbonyl (C=O) groups excluding carboxylic acids is 1. The van der Waals surface area contributed by atoms with Gasteiger partial charge in [-0.1, -0.05) is 0 Å². The standard InChI is InChI=1S/C20H17N3O3/c1-25-15-5-4-14-10-18(23-16(14)11-15)20(24)22-12-13-6-7-21-17(9-13)19-3-2-8-26-19/h2-11,23H,12H2,1H3,(H,22,24). The van der Waals surface area contributed by atoms with E-state index in [4.69, 9.17) is 9.15 Å². The number of nitrogens with one attached hydrogen (secondary N) is 2. The number of pyridine rings is 1. The fourth-order valence-electron chi connectivity index (χ4n) is 2.78. The summed E-state index contributed by atoms with van der Waals surface area (Å²) in [5.41, 5.74) is 3.05. The number of rotatable bonds is 5. The molecule has 0 atom stereocenters. The molecule has 6 nitrogen and oxygen atoms in total. The van der Waals surface area contributed by atoms with Crippen molar-refractivity contribution in [3.63, 3.8) is 0 Å². The number of furan rings is 1. The Kier molecular flexibility index (Phi) is 4.15. The summed E-state index contributed by atoms with van der Waals surface area (Å²) in [6.45, 7) is 0.397. The van der Waals surface area contributed by atoms with Gasteiger partial charge in [0.25, 0.3) is 5.91 Å². The molecule has 4 aromatic rings. The average Bonchev–Trinajstić information content (AvgIpc) is 3.35. The number of H-pyrrole nitrogens is 1. The third kappa shape index (κ3) is 3.17. The summed E-state index contributed by atoms with van der Waals surface area (Å²) in [5.74, 6) is 1.27. The van der Waals surface area contributed by atoms with Gasteiger partial charge in [-0.05, 0) is 48.0 Å². The number of carbonyl (C=O) groups is 1. The number of benzene rings is 1. The molecular formula is C20H17N3O3. The topological polar surface area (TPSA) is 80.2 Å². The van der Waals surface area contributed by atoms with Gasteiger partial charge in [-0.2, -0.15) is 0 Å². The highest BCUT2D eigenvalue weighted by molar-refractivity contribution is 5.98. The van der Waals surface area contributed by atoms with E-state index in [0.29, 0.717) is 18.0 Å². The largest absolute Gasteiger partial charge is 0.497 e. The number of aromatic nitrogens is 2. The number of ether oxygens (including phenoxy) is 1. The first kappa shape index (κ1) is 16.0. The van der Waals surface area contributed by atoms with E-state index in [9.17, 15) is 4.79 Å². The number of nitrogens with zero attached hydrogens (tertiary/aromatic N) is 1. The third-order valence-corrected chi connectivity index (χ3v) is 4.13. The van der Waals surface area contributed by atoms with Crippen LogP contribution in [0.5, 0.6) is 5.75 Å². The molecule has 130 valence electrons. The summed E-state index contributed by atoms with van der Waals surface area (Å²) in [5, 5.41) is 3.88. The Labute approximate surface area is 149 Å². The number of methoxy groups -OCH3 is 1. The Morgan fingerprint density at radius 3 is 2.96 bits per heavy atom. The predicted molar refractivity (Wildman–Crippen MR) is 98.0 cm³/mol.